The first-order valence-corrected chi connectivity index (χ1v) is 8.49. The van der Waals surface area contributed by atoms with E-state index in [0.717, 1.165) is 0 Å². The first kappa shape index (κ1) is 16.9. The lowest BCUT2D eigenvalue weighted by Gasteiger charge is -2.38. The van der Waals surface area contributed by atoms with Gasteiger partial charge in [0.2, 0.25) is 5.95 Å². The van der Waals surface area contributed by atoms with Crippen LogP contribution in [0.4, 0.5) is 4.39 Å². The number of hydrogen-bond donors (Lipinski definition) is 1. The second kappa shape index (κ2) is 6.30. The number of carbonyl (C=O) groups excluding carboxylic acids is 1. The van der Waals surface area contributed by atoms with E-state index in [4.69, 9.17) is 11.6 Å². The minimum Gasteiger partial charge on any atom is -0.385 e. The van der Waals surface area contributed by atoms with Crippen LogP contribution in [0.5, 0.6) is 0 Å². The van der Waals surface area contributed by atoms with Gasteiger partial charge >= 0.3 is 0 Å². The maximum atomic E-state index is 13.9. The second-order valence-corrected chi connectivity index (χ2v) is 6.59. The van der Waals surface area contributed by atoms with Crippen molar-refractivity contribution in [2.24, 2.45) is 0 Å². The standard InChI is InChI=1S/C17H15ClFN5O2/c18-12-13(22-24-8-2-7-21-15(12)24)16(25)23-9-4-17(26,5-10-23)11-3-1-6-20-14(11)19/h1-3,6-8,26H,4-5,9-10H2. The van der Waals surface area contributed by atoms with Crippen molar-refractivity contribution < 1.29 is 14.3 Å². The van der Waals surface area contributed by atoms with Gasteiger partial charge in [-0.25, -0.2) is 14.5 Å². The molecule has 0 aromatic carbocycles. The summed E-state index contributed by atoms with van der Waals surface area (Å²) in [6.45, 7) is 0.503. The summed E-state index contributed by atoms with van der Waals surface area (Å²) >= 11 is 6.24. The van der Waals surface area contributed by atoms with Gasteiger partial charge in [0.25, 0.3) is 5.91 Å². The smallest absolute Gasteiger partial charge is 0.276 e. The summed E-state index contributed by atoms with van der Waals surface area (Å²) in [4.78, 5) is 22.0. The molecule has 0 spiro atoms. The zero-order valence-corrected chi connectivity index (χ0v) is 14.4. The molecule has 0 unspecified atom stereocenters. The van der Waals surface area contributed by atoms with E-state index >= 15 is 0 Å². The Morgan fingerprint density at radius 3 is 2.65 bits per heavy atom. The molecule has 0 bridgehead atoms. The van der Waals surface area contributed by atoms with Crippen molar-refractivity contribution in [3.8, 4) is 0 Å². The molecular formula is C17H15ClFN5O2. The third-order valence-corrected chi connectivity index (χ3v) is 5.03. The average Bonchev–Trinajstić information content (AvgIpc) is 2.99. The molecule has 4 heterocycles. The molecule has 26 heavy (non-hydrogen) atoms. The van der Waals surface area contributed by atoms with E-state index in [9.17, 15) is 14.3 Å². The summed E-state index contributed by atoms with van der Waals surface area (Å²) in [7, 11) is 0. The molecule has 0 aliphatic carbocycles. The van der Waals surface area contributed by atoms with Crippen molar-refractivity contribution in [2.75, 3.05) is 13.1 Å². The predicted molar refractivity (Wildman–Crippen MR) is 91.2 cm³/mol. The summed E-state index contributed by atoms with van der Waals surface area (Å²) < 4.78 is 15.4. The maximum absolute atomic E-state index is 13.9. The molecule has 1 fully saturated rings. The minimum atomic E-state index is -1.35. The van der Waals surface area contributed by atoms with Gasteiger partial charge < -0.3 is 10.0 Å². The molecule has 9 heteroatoms. The van der Waals surface area contributed by atoms with Crippen molar-refractivity contribution in [1.29, 1.82) is 0 Å². The van der Waals surface area contributed by atoms with Crippen LogP contribution < -0.4 is 0 Å². The molecule has 0 saturated carbocycles. The number of carbonyl (C=O) groups is 1. The molecule has 3 aromatic heterocycles. The van der Waals surface area contributed by atoms with Crippen molar-refractivity contribution in [3.63, 3.8) is 0 Å². The lowest BCUT2D eigenvalue weighted by Crippen LogP contribution is -2.45. The zero-order valence-electron chi connectivity index (χ0n) is 13.6. The molecule has 1 saturated heterocycles. The molecule has 3 aromatic rings. The van der Waals surface area contributed by atoms with Gasteiger partial charge in [0, 0.05) is 37.2 Å². The first-order valence-electron chi connectivity index (χ1n) is 8.11. The number of fused-ring (bicyclic) bond motifs is 1. The number of aromatic nitrogens is 4. The van der Waals surface area contributed by atoms with Crippen molar-refractivity contribution in [3.05, 3.63) is 59.0 Å². The van der Waals surface area contributed by atoms with E-state index in [0.29, 0.717) is 5.65 Å². The number of halogens is 2. The van der Waals surface area contributed by atoms with Gasteiger partial charge in [-0.1, -0.05) is 17.7 Å². The summed E-state index contributed by atoms with van der Waals surface area (Å²) in [5.41, 5.74) is -0.673. The number of nitrogens with zero attached hydrogens (tertiary/aromatic N) is 5. The van der Waals surface area contributed by atoms with E-state index in [2.05, 4.69) is 15.1 Å². The number of amides is 1. The van der Waals surface area contributed by atoms with E-state index in [-0.39, 0.29) is 48.1 Å². The largest absolute Gasteiger partial charge is 0.385 e. The number of aliphatic hydroxyl groups is 1. The van der Waals surface area contributed by atoms with E-state index in [1.54, 1.807) is 29.4 Å². The highest BCUT2D eigenvalue weighted by atomic mass is 35.5. The van der Waals surface area contributed by atoms with Crippen LogP contribution in [-0.4, -0.2) is 48.6 Å². The Bertz CT molecular complexity index is 984. The van der Waals surface area contributed by atoms with Gasteiger partial charge in [-0.2, -0.15) is 9.49 Å². The first-order chi connectivity index (χ1) is 12.5. The normalized spacial score (nSPS) is 16.8. The van der Waals surface area contributed by atoms with E-state index in [1.807, 2.05) is 0 Å². The molecule has 1 N–H and O–H groups in total. The van der Waals surface area contributed by atoms with E-state index < -0.39 is 11.5 Å². The Balaban J connectivity index is 1.55. The number of likely N-dealkylation sites (tertiary alicyclic amines) is 1. The lowest BCUT2D eigenvalue weighted by atomic mass is 9.85. The molecule has 134 valence electrons. The van der Waals surface area contributed by atoms with Gasteiger partial charge in [0.05, 0.1) is 5.60 Å². The topological polar surface area (TPSA) is 83.6 Å². The highest BCUT2D eigenvalue weighted by Gasteiger charge is 2.38. The average molecular weight is 376 g/mol. The second-order valence-electron chi connectivity index (χ2n) is 6.22. The zero-order chi connectivity index (χ0) is 18.3. The Morgan fingerprint density at radius 1 is 1.23 bits per heavy atom. The lowest BCUT2D eigenvalue weighted by molar-refractivity contribution is -0.0242. The fourth-order valence-corrected chi connectivity index (χ4v) is 3.48. The SMILES string of the molecule is O=C(c1nn2cccnc2c1Cl)N1CCC(O)(c2cccnc2F)CC1. The van der Waals surface area contributed by atoms with Gasteiger partial charge in [-0.05, 0) is 25.0 Å². The summed E-state index contributed by atoms with van der Waals surface area (Å²) in [5, 5.41) is 15.2. The van der Waals surface area contributed by atoms with Crippen molar-refractivity contribution >= 4 is 23.2 Å². The molecule has 4 rings (SSSR count). The predicted octanol–water partition coefficient (Wildman–Crippen LogP) is 2.04. The Kier molecular flexibility index (Phi) is 4.08. The fraction of sp³-hybridized carbons (Fsp3) is 0.294. The van der Waals surface area contributed by atoms with Crippen LogP contribution in [0.2, 0.25) is 5.02 Å². The van der Waals surface area contributed by atoms with E-state index in [1.165, 1.54) is 16.8 Å². The third-order valence-electron chi connectivity index (χ3n) is 4.68. The molecular weight excluding hydrogens is 361 g/mol. The van der Waals surface area contributed by atoms with Crippen LogP contribution in [0.25, 0.3) is 5.65 Å². The monoisotopic (exact) mass is 375 g/mol. The van der Waals surface area contributed by atoms with Crippen LogP contribution >= 0.6 is 11.6 Å². The van der Waals surface area contributed by atoms with Gasteiger partial charge in [-0.15, -0.1) is 0 Å². The van der Waals surface area contributed by atoms with Crippen LogP contribution in [0, 0.1) is 5.95 Å². The molecule has 7 nitrogen and oxygen atoms in total. The van der Waals surface area contributed by atoms with Crippen molar-refractivity contribution in [1.82, 2.24) is 24.5 Å². The van der Waals surface area contributed by atoms with Gasteiger partial charge in [0.1, 0.15) is 5.02 Å². The number of piperidine rings is 1. The molecule has 0 radical (unpaired) electrons. The summed E-state index contributed by atoms with van der Waals surface area (Å²) in [6, 6.07) is 4.79. The number of rotatable bonds is 2. The molecule has 0 atom stereocenters. The number of pyridine rings is 1. The summed E-state index contributed by atoms with van der Waals surface area (Å²) in [5.74, 6) is -1.03. The van der Waals surface area contributed by atoms with Crippen LogP contribution in [-0.2, 0) is 5.60 Å². The highest BCUT2D eigenvalue weighted by molar-refractivity contribution is 6.36. The van der Waals surface area contributed by atoms with Gasteiger partial charge in [-0.3, -0.25) is 4.79 Å². The van der Waals surface area contributed by atoms with Crippen LogP contribution in [0.15, 0.2) is 36.8 Å². The summed E-state index contributed by atoms with van der Waals surface area (Å²) in [6.07, 6.45) is 4.96. The molecule has 1 aliphatic heterocycles. The Hall–Kier alpha value is -2.58. The van der Waals surface area contributed by atoms with Crippen LogP contribution in [0.3, 0.4) is 0 Å². The highest BCUT2D eigenvalue weighted by Crippen LogP contribution is 2.34. The Morgan fingerprint density at radius 2 is 1.96 bits per heavy atom. The Labute approximate surface area is 153 Å². The maximum Gasteiger partial charge on any atom is 0.276 e. The van der Waals surface area contributed by atoms with Crippen molar-refractivity contribution in [2.45, 2.75) is 18.4 Å². The molecule has 1 aliphatic rings. The quantitative estimate of drug-likeness (QED) is 0.693. The van der Waals surface area contributed by atoms with Gasteiger partial charge in [0.15, 0.2) is 11.3 Å². The number of hydrogen-bond acceptors (Lipinski definition) is 5. The third kappa shape index (κ3) is 2.71. The fourth-order valence-electron chi connectivity index (χ4n) is 3.23. The van der Waals surface area contributed by atoms with Crippen LogP contribution in [0.1, 0.15) is 28.9 Å². The molecule has 1 amide bonds. The minimum absolute atomic E-state index is 0.114.